The number of Topliss-reactive ketones (excluding diaryl/α,β-unsaturated/α-hetero) is 1. The first-order valence-corrected chi connectivity index (χ1v) is 9.71. The molecule has 0 bridgehead atoms. The van der Waals surface area contributed by atoms with Crippen molar-refractivity contribution in [3.8, 4) is 11.5 Å². The average molecular weight is 388 g/mol. The quantitative estimate of drug-likeness (QED) is 0.580. The maximum atomic E-state index is 14.0. The molecule has 140 valence electrons. The van der Waals surface area contributed by atoms with Gasteiger partial charge in [0.25, 0.3) is 0 Å². The van der Waals surface area contributed by atoms with Gasteiger partial charge in [0.15, 0.2) is 27.1 Å². The second-order valence-electron chi connectivity index (χ2n) is 5.88. The van der Waals surface area contributed by atoms with Crippen molar-refractivity contribution in [3.05, 3.63) is 71.6 Å². The van der Waals surface area contributed by atoms with Gasteiger partial charge in [0.1, 0.15) is 17.3 Å². The number of carbonyl (C=O) groups is 1. The van der Waals surface area contributed by atoms with Crippen LogP contribution in [0.15, 0.2) is 59.5 Å². The molecule has 2 aromatic rings. The van der Waals surface area contributed by atoms with E-state index in [1.807, 2.05) is 0 Å². The summed E-state index contributed by atoms with van der Waals surface area (Å²) in [6.07, 6.45) is 3.06. The molecule has 0 N–H and O–H groups in total. The van der Waals surface area contributed by atoms with Crippen molar-refractivity contribution >= 4 is 21.7 Å². The van der Waals surface area contributed by atoms with Crippen LogP contribution >= 0.6 is 0 Å². The number of ether oxygens (including phenoxy) is 2. The Hall–Kier alpha value is -2.93. The number of benzene rings is 2. The molecule has 1 aliphatic heterocycles. The summed E-state index contributed by atoms with van der Waals surface area (Å²) in [5.41, 5.74) is 0.483. The predicted molar refractivity (Wildman–Crippen MR) is 99.4 cm³/mol. The van der Waals surface area contributed by atoms with E-state index in [0.717, 1.165) is 6.07 Å². The van der Waals surface area contributed by atoms with Crippen LogP contribution in [-0.4, -0.2) is 33.7 Å². The van der Waals surface area contributed by atoms with Gasteiger partial charge in [-0.2, -0.15) is 0 Å². The first kappa shape index (κ1) is 18.8. The fourth-order valence-electron chi connectivity index (χ4n) is 2.87. The summed E-state index contributed by atoms with van der Waals surface area (Å²) in [7, 11) is -2.47. The average Bonchev–Trinajstić information content (AvgIpc) is 2.64. The van der Waals surface area contributed by atoms with Crippen LogP contribution in [0.5, 0.6) is 11.5 Å². The Kier molecular flexibility index (Phi) is 5.14. The highest BCUT2D eigenvalue weighted by atomic mass is 32.2. The molecule has 1 aliphatic rings. The summed E-state index contributed by atoms with van der Waals surface area (Å²) >= 11 is 0. The zero-order valence-electron chi connectivity index (χ0n) is 14.6. The number of methoxy groups -OCH3 is 1. The van der Waals surface area contributed by atoms with Crippen molar-refractivity contribution in [1.29, 1.82) is 0 Å². The van der Waals surface area contributed by atoms with Crippen LogP contribution in [0, 0.1) is 5.82 Å². The molecule has 0 radical (unpaired) electrons. The number of carbonyl (C=O) groups excluding carboxylic acids is 1. The topological polar surface area (TPSA) is 69.7 Å². The van der Waals surface area contributed by atoms with Gasteiger partial charge in [0.05, 0.1) is 12.9 Å². The zero-order chi connectivity index (χ0) is 19.6. The van der Waals surface area contributed by atoms with Crippen molar-refractivity contribution in [2.24, 2.45) is 0 Å². The van der Waals surface area contributed by atoms with Crippen LogP contribution < -0.4 is 9.47 Å². The largest absolute Gasteiger partial charge is 0.493 e. The van der Waals surface area contributed by atoms with Crippen LogP contribution in [0.25, 0.3) is 6.08 Å². The fourth-order valence-corrected chi connectivity index (χ4v) is 4.50. The van der Waals surface area contributed by atoms with E-state index in [0.29, 0.717) is 23.7 Å². The molecule has 3 rings (SSSR count). The fraction of sp³-hybridized carbons (Fsp3) is 0.150. The molecule has 0 saturated carbocycles. The molecule has 1 heterocycles. The number of halogens is 1. The lowest BCUT2D eigenvalue weighted by Crippen LogP contribution is -2.25. The normalized spacial score (nSPS) is 16.7. The molecule has 0 unspecified atom stereocenters. The molecule has 5 nitrogen and oxygen atoms in total. The second-order valence-corrected chi connectivity index (χ2v) is 7.81. The molecule has 7 heteroatoms. The van der Waals surface area contributed by atoms with E-state index in [1.165, 1.54) is 25.3 Å². The lowest BCUT2D eigenvalue weighted by Gasteiger charge is -2.18. The Morgan fingerprint density at radius 3 is 2.70 bits per heavy atom. The lowest BCUT2D eigenvalue weighted by atomic mass is 10.0. The van der Waals surface area contributed by atoms with Crippen LogP contribution in [0.2, 0.25) is 0 Å². The molecule has 0 spiro atoms. The highest BCUT2D eigenvalue weighted by molar-refractivity contribution is 7.92. The monoisotopic (exact) mass is 388 g/mol. The van der Waals surface area contributed by atoms with E-state index in [4.69, 9.17) is 9.47 Å². The van der Waals surface area contributed by atoms with Crippen molar-refractivity contribution in [2.45, 2.75) is 4.90 Å². The Balaban J connectivity index is 2.03. The summed E-state index contributed by atoms with van der Waals surface area (Å²) in [5.74, 6) is -1.05. The number of hydrogen-bond donors (Lipinski definition) is 0. The van der Waals surface area contributed by atoms with Crippen molar-refractivity contribution in [3.63, 3.8) is 0 Å². The Morgan fingerprint density at radius 1 is 1.22 bits per heavy atom. The van der Waals surface area contributed by atoms with Crippen molar-refractivity contribution < 1.29 is 27.1 Å². The van der Waals surface area contributed by atoms with Gasteiger partial charge in [-0.3, -0.25) is 4.79 Å². The molecule has 2 aromatic carbocycles. The number of ketones is 1. The Morgan fingerprint density at radius 2 is 2.00 bits per heavy atom. The standard InChI is InChI=1S/C20H17FO5S/c1-3-9-26-17-8-7-13(11-18(17)25-2)10-14-12-27(23,24)20-15(19(14)22)5-4-6-16(20)21/h3-8,10-11H,1,9,12H2,2H3/b14-10-. The first-order chi connectivity index (χ1) is 12.9. The maximum absolute atomic E-state index is 14.0. The lowest BCUT2D eigenvalue weighted by molar-refractivity contribution is 0.103. The number of fused-ring (bicyclic) bond motifs is 1. The van der Waals surface area contributed by atoms with Crippen molar-refractivity contribution in [2.75, 3.05) is 19.5 Å². The third-order valence-corrected chi connectivity index (χ3v) is 5.77. The smallest absolute Gasteiger partial charge is 0.191 e. The van der Waals surface area contributed by atoms with Gasteiger partial charge in [-0.1, -0.05) is 24.8 Å². The molecule has 0 aliphatic carbocycles. The molecule has 0 aromatic heterocycles. The van der Waals surface area contributed by atoms with Gasteiger partial charge in [-0.25, -0.2) is 12.8 Å². The van der Waals surface area contributed by atoms with E-state index < -0.39 is 32.1 Å². The summed E-state index contributed by atoms with van der Waals surface area (Å²) in [6, 6.07) is 8.63. The first-order valence-electron chi connectivity index (χ1n) is 8.05. The number of rotatable bonds is 5. The second kappa shape index (κ2) is 7.36. The minimum absolute atomic E-state index is 0.0647. The van der Waals surface area contributed by atoms with E-state index in [-0.39, 0.29) is 11.1 Å². The molecule has 0 atom stereocenters. The van der Waals surface area contributed by atoms with Gasteiger partial charge in [0, 0.05) is 11.1 Å². The Labute approximate surface area is 156 Å². The number of hydrogen-bond acceptors (Lipinski definition) is 5. The third kappa shape index (κ3) is 3.64. The summed E-state index contributed by atoms with van der Waals surface area (Å²) in [4.78, 5) is 12.1. The minimum atomic E-state index is -3.94. The minimum Gasteiger partial charge on any atom is -0.493 e. The van der Waals surface area contributed by atoms with Crippen LogP contribution in [-0.2, 0) is 9.84 Å². The Bertz CT molecular complexity index is 1050. The SMILES string of the molecule is C=CCOc1ccc(/C=C2/CS(=O)(=O)c3c(F)cccc3C2=O)cc1OC. The van der Waals surface area contributed by atoms with Crippen molar-refractivity contribution in [1.82, 2.24) is 0 Å². The summed E-state index contributed by atoms with van der Waals surface area (Å²) in [5, 5.41) is 0. The zero-order valence-corrected chi connectivity index (χ0v) is 15.4. The maximum Gasteiger partial charge on any atom is 0.191 e. The molecule has 0 amide bonds. The highest BCUT2D eigenvalue weighted by Gasteiger charge is 2.35. The van der Waals surface area contributed by atoms with Gasteiger partial charge in [-0.15, -0.1) is 0 Å². The number of sulfone groups is 1. The summed E-state index contributed by atoms with van der Waals surface area (Å²) < 4.78 is 49.6. The predicted octanol–water partition coefficient (Wildman–Crippen LogP) is 3.45. The van der Waals surface area contributed by atoms with Crippen LogP contribution in [0.1, 0.15) is 15.9 Å². The van der Waals surface area contributed by atoms with Gasteiger partial charge in [0.2, 0.25) is 0 Å². The third-order valence-electron chi connectivity index (χ3n) is 4.05. The van der Waals surface area contributed by atoms with E-state index in [9.17, 15) is 17.6 Å². The molecule has 0 fully saturated rings. The van der Waals surface area contributed by atoms with E-state index in [2.05, 4.69) is 6.58 Å². The molecular formula is C20H17FO5S. The van der Waals surface area contributed by atoms with Gasteiger partial charge in [-0.05, 0) is 35.9 Å². The van der Waals surface area contributed by atoms with E-state index in [1.54, 1.807) is 24.3 Å². The van der Waals surface area contributed by atoms with Crippen LogP contribution in [0.4, 0.5) is 4.39 Å². The van der Waals surface area contributed by atoms with Crippen LogP contribution in [0.3, 0.4) is 0 Å². The molecular weight excluding hydrogens is 371 g/mol. The highest BCUT2D eigenvalue weighted by Crippen LogP contribution is 2.33. The summed E-state index contributed by atoms with van der Waals surface area (Å²) in [6.45, 7) is 3.88. The van der Waals surface area contributed by atoms with Gasteiger partial charge >= 0.3 is 0 Å². The van der Waals surface area contributed by atoms with Gasteiger partial charge < -0.3 is 9.47 Å². The molecule has 27 heavy (non-hydrogen) atoms. The molecule has 0 saturated heterocycles. The van der Waals surface area contributed by atoms with E-state index >= 15 is 0 Å².